The smallest absolute Gasteiger partial charge is 0.183 e. The molecular formula is C14H20N2OS2. The molecule has 104 valence electrons. The average Bonchev–Trinajstić information content (AvgIpc) is 2.80. The summed E-state index contributed by atoms with van der Waals surface area (Å²) in [7, 11) is 0. The second kappa shape index (κ2) is 7.01. The molecule has 1 unspecified atom stereocenters. The highest BCUT2D eigenvalue weighted by molar-refractivity contribution is 7.99. The lowest BCUT2D eigenvalue weighted by molar-refractivity contribution is 0.341. The van der Waals surface area contributed by atoms with Crippen LogP contribution in [0.2, 0.25) is 0 Å². The number of thiazole rings is 1. The van der Waals surface area contributed by atoms with Crippen LogP contribution in [0.5, 0.6) is 5.75 Å². The van der Waals surface area contributed by atoms with Crippen LogP contribution in [0, 0.1) is 0 Å². The molecule has 3 nitrogen and oxygen atoms in total. The first-order valence-electron chi connectivity index (χ1n) is 6.53. The molecule has 2 rings (SSSR count). The van der Waals surface area contributed by atoms with Crippen molar-refractivity contribution in [1.29, 1.82) is 0 Å². The minimum Gasteiger partial charge on any atom is -0.494 e. The first-order chi connectivity index (χ1) is 9.22. The van der Waals surface area contributed by atoms with Crippen LogP contribution in [0.25, 0.3) is 10.2 Å². The molecular weight excluding hydrogens is 276 g/mol. The Morgan fingerprint density at radius 1 is 1.47 bits per heavy atom. The number of anilines is 1. The number of rotatable bonds is 7. The van der Waals surface area contributed by atoms with Gasteiger partial charge in [0.1, 0.15) is 5.75 Å². The molecule has 1 aromatic carbocycles. The third-order valence-corrected chi connectivity index (χ3v) is 4.92. The molecule has 0 aliphatic heterocycles. The summed E-state index contributed by atoms with van der Waals surface area (Å²) in [5, 5.41) is 5.09. The molecule has 19 heavy (non-hydrogen) atoms. The maximum Gasteiger partial charge on any atom is 0.183 e. The van der Waals surface area contributed by atoms with Crippen LogP contribution < -0.4 is 10.1 Å². The summed E-state index contributed by atoms with van der Waals surface area (Å²) in [5.74, 6) is 0.918. The van der Waals surface area contributed by atoms with E-state index in [1.807, 2.05) is 30.8 Å². The standard InChI is InChI=1S/C14H20N2OS2/c1-4-17-11-5-6-12-13(9-11)19-14(16-12)15-8-7-10(2)18-3/h5-6,9-10H,4,7-8H2,1-3H3,(H,15,16). The van der Waals surface area contributed by atoms with E-state index < -0.39 is 0 Å². The Morgan fingerprint density at radius 3 is 3.05 bits per heavy atom. The lowest BCUT2D eigenvalue weighted by Gasteiger charge is -2.07. The van der Waals surface area contributed by atoms with Crippen molar-refractivity contribution < 1.29 is 4.74 Å². The summed E-state index contributed by atoms with van der Waals surface area (Å²) in [6.07, 6.45) is 3.30. The highest BCUT2D eigenvalue weighted by Gasteiger charge is 2.05. The monoisotopic (exact) mass is 296 g/mol. The predicted molar refractivity (Wildman–Crippen MR) is 86.9 cm³/mol. The number of fused-ring (bicyclic) bond motifs is 1. The van der Waals surface area contributed by atoms with Gasteiger partial charge in [-0.1, -0.05) is 18.3 Å². The molecule has 1 N–H and O–H groups in total. The fourth-order valence-corrected chi connectivity index (χ4v) is 3.01. The number of hydrogen-bond acceptors (Lipinski definition) is 5. The van der Waals surface area contributed by atoms with Crippen LogP contribution in [0.15, 0.2) is 18.2 Å². The normalized spacial score (nSPS) is 12.6. The van der Waals surface area contributed by atoms with Crippen molar-refractivity contribution in [3.63, 3.8) is 0 Å². The SMILES string of the molecule is CCOc1ccc2nc(NCCC(C)SC)sc2c1. The van der Waals surface area contributed by atoms with Gasteiger partial charge in [0.25, 0.3) is 0 Å². The van der Waals surface area contributed by atoms with Gasteiger partial charge in [0.15, 0.2) is 5.13 Å². The van der Waals surface area contributed by atoms with E-state index in [0.29, 0.717) is 11.9 Å². The van der Waals surface area contributed by atoms with Crippen LogP contribution in [-0.2, 0) is 0 Å². The Hall–Kier alpha value is -0.940. The Bertz CT molecular complexity index is 527. The van der Waals surface area contributed by atoms with Crippen LogP contribution in [0.3, 0.4) is 0 Å². The largest absolute Gasteiger partial charge is 0.494 e. The van der Waals surface area contributed by atoms with E-state index in [9.17, 15) is 0 Å². The number of ether oxygens (including phenoxy) is 1. The van der Waals surface area contributed by atoms with Crippen LogP contribution in [-0.4, -0.2) is 29.6 Å². The van der Waals surface area contributed by atoms with E-state index in [4.69, 9.17) is 4.74 Å². The lowest BCUT2D eigenvalue weighted by Crippen LogP contribution is -2.07. The number of benzene rings is 1. The predicted octanol–water partition coefficient (Wildman–Crippen LogP) is 4.25. The van der Waals surface area contributed by atoms with Gasteiger partial charge in [0.2, 0.25) is 0 Å². The highest BCUT2D eigenvalue weighted by Crippen LogP contribution is 2.29. The molecule has 0 spiro atoms. The van der Waals surface area contributed by atoms with Crippen molar-refractivity contribution in [2.45, 2.75) is 25.5 Å². The summed E-state index contributed by atoms with van der Waals surface area (Å²) in [4.78, 5) is 4.58. The second-order valence-corrected chi connectivity index (χ2v) is 6.65. The quantitative estimate of drug-likeness (QED) is 0.828. The molecule has 0 bridgehead atoms. The minimum absolute atomic E-state index is 0.687. The Labute approximate surface area is 122 Å². The molecule has 0 radical (unpaired) electrons. The van der Waals surface area contributed by atoms with Gasteiger partial charge in [0.05, 0.1) is 16.8 Å². The summed E-state index contributed by atoms with van der Waals surface area (Å²) >= 11 is 3.59. The van der Waals surface area contributed by atoms with Crippen LogP contribution >= 0.6 is 23.1 Å². The van der Waals surface area contributed by atoms with Gasteiger partial charge in [-0.05, 0) is 37.8 Å². The zero-order valence-electron chi connectivity index (χ0n) is 11.6. The van der Waals surface area contributed by atoms with E-state index in [-0.39, 0.29) is 0 Å². The molecule has 1 heterocycles. The van der Waals surface area contributed by atoms with Gasteiger partial charge in [-0.2, -0.15) is 11.8 Å². The fraction of sp³-hybridized carbons (Fsp3) is 0.500. The van der Waals surface area contributed by atoms with Crippen molar-refractivity contribution >= 4 is 38.4 Å². The van der Waals surface area contributed by atoms with E-state index in [1.54, 1.807) is 11.3 Å². The summed E-state index contributed by atoms with van der Waals surface area (Å²) < 4.78 is 6.68. The molecule has 0 aliphatic rings. The third kappa shape index (κ3) is 4.01. The van der Waals surface area contributed by atoms with E-state index in [2.05, 4.69) is 29.5 Å². The summed E-state index contributed by atoms with van der Waals surface area (Å²) in [6, 6.07) is 6.06. The van der Waals surface area contributed by atoms with Gasteiger partial charge in [-0.3, -0.25) is 0 Å². The molecule has 1 atom stereocenters. The molecule has 0 fully saturated rings. The first-order valence-corrected chi connectivity index (χ1v) is 8.63. The number of thioether (sulfide) groups is 1. The number of nitrogens with one attached hydrogen (secondary N) is 1. The van der Waals surface area contributed by atoms with Crippen molar-refractivity contribution in [1.82, 2.24) is 4.98 Å². The van der Waals surface area contributed by atoms with Crippen molar-refractivity contribution in [3.05, 3.63) is 18.2 Å². The maximum atomic E-state index is 5.51. The molecule has 0 amide bonds. The molecule has 0 saturated carbocycles. The summed E-state index contributed by atoms with van der Waals surface area (Å²) in [6.45, 7) is 5.91. The Kier molecular flexibility index (Phi) is 5.34. The topological polar surface area (TPSA) is 34.1 Å². The van der Waals surface area contributed by atoms with Crippen molar-refractivity contribution in [3.8, 4) is 5.75 Å². The zero-order valence-corrected chi connectivity index (χ0v) is 13.2. The molecule has 5 heteroatoms. The zero-order chi connectivity index (χ0) is 13.7. The van der Waals surface area contributed by atoms with E-state index >= 15 is 0 Å². The van der Waals surface area contributed by atoms with Gasteiger partial charge < -0.3 is 10.1 Å². The van der Waals surface area contributed by atoms with Crippen molar-refractivity contribution in [2.24, 2.45) is 0 Å². The Balaban J connectivity index is 2.00. The van der Waals surface area contributed by atoms with Gasteiger partial charge in [0, 0.05) is 11.8 Å². The molecule has 0 saturated heterocycles. The van der Waals surface area contributed by atoms with Crippen molar-refractivity contribution in [2.75, 3.05) is 24.7 Å². The molecule has 1 aromatic heterocycles. The summed E-state index contributed by atoms with van der Waals surface area (Å²) in [5.41, 5.74) is 1.04. The van der Waals surface area contributed by atoms with E-state index in [1.165, 1.54) is 4.70 Å². The lowest BCUT2D eigenvalue weighted by atomic mass is 10.3. The second-order valence-electron chi connectivity index (χ2n) is 4.34. The van der Waals surface area contributed by atoms with Crippen LogP contribution in [0.1, 0.15) is 20.3 Å². The van der Waals surface area contributed by atoms with Gasteiger partial charge >= 0.3 is 0 Å². The fourth-order valence-electron chi connectivity index (χ4n) is 1.74. The Morgan fingerprint density at radius 2 is 2.32 bits per heavy atom. The third-order valence-electron chi connectivity index (χ3n) is 2.90. The molecule has 0 aliphatic carbocycles. The maximum absolute atomic E-state index is 5.51. The molecule has 2 aromatic rings. The number of aromatic nitrogens is 1. The van der Waals surface area contributed by atoms with Crippen LogP contribution in [0.4, 0.5) is 5.13 Å². The number of hydrogen-bond donors (Lipinski definition) is 1. The average molecular weight is 296 g/mol. The highest BCUT2D eigenvalue weighted by atomic mass is 32.2. The minimum atomic E-state index is 0.687. The van der Waals surface area contributed by atoms with E-state index in [0.717, 1.165) is 29.4 Å². The number of nitrogens with zero attached hydrogens (tertiary/aromatic N) is 1. The first kappa shape index (κ1) is 14.5. The van der Waals surface area contributed by atoms with Gasteiger partial charge in [-0.25, -0.2) is 4.98 Å². The van der Waals surface area contributed by atoms with Gasteiger partial charge in [-0.15, -0.1) is 0 Å².